The molecule has 1 aromatic rings. The molecule has 1 aromatic carbocycles. The molecule has 0 amide bonds. The van der Waals surface area contributed by atoms with Gasteiger partial charge in [0.05, 0.1) is 15.7 Å². The molecule has 0 saturated carbocycles. The fraction of sp³-hybridized carbons (Fsp3) is 0.364. The van der Waals surface area contributed by atoms with Gasteiger partial charge in [0, 0.05) is 19.1 Å². The minimum absolute atomic E-state index is 0.146. The predicted octanol–water partition coefficient (Wildman–Crippen LogP) is -0.379. The molecule has 0 radical (unpaired) electrons. The normalized spacial score (nSPS) is 13.9. The van der Waals surface area contributed by atoms with Gasteiger partial charge in [-0.1, -0.05) is 6.07 Å². The first-order valence-corrected chi connectivity index (χ1v) is 9.23. The number of sulfone groups is 2. The zero-order chi connectivity index (χ0) is 15.7. The van der Waals surface area contributed by atoms with E-state index in [1.807, 2.05) is 0 Å². The van der Waals surface area contributed by atoms with E-state index < -0.39 is 36.5 Å². The number of nitrogens with two attached hydrogens (primary N) is 1. The van der Waals surface area contributed by atoms with Crippen molar-refractivity contribution in [1.29, 1.82) is 0 Å². The van der Waals surface area contributed by atoms with Gasteiger partial charge in [0.15, 0.2) is 19.7 Å². The Balaban J connectivity index is 3.64. The Labute approximate surface area is 117 Å². The summed E-state index contributed by atoms with van der Waals surface area (Å²) >= 11 is 0. The van der Waals surface area contributed by atoms with Crippen LogP contribution in [0.5, 0.6) is 0 Å². The summed E-state index contributed by atoms with van der Waals surface area (Å²) in [7, 11) is -7.56. The van der Waals surface area contributed by atoms with E-state index >= 15 is 0 Å². The Hall–Kier alpha value is -1.45. The number of aliphatic carboxylic acids is 1. The Morgan fingerprint density at radius 2 is 1.65 bits per heavy atom. The molecule has 1 rings (SSSR count). The van der Waals surface area contributed by atoms with Crippen LogP contribution >= 0.6 is 0 Å². The number of benzene rings is 1. The number of hydrogen-bond acceptors (Lipinski definition) is 6. The van der Waals surface area contributed by atoms with Gasteiger partial charge in [-0.3, -0.25) is 4.79 Å². The van der Waals surface area contributed by atoms with Crippen LogP contribution in [0.2, 0.25) is 0 Å². The van der Waals surface area contributed by atoms with Crippen LogP contribution in [0.4, 0.5) is 0 Å². The first-order valence-electron chi connectivity index (χ1n) is 5.45. The minimum atomic E-state index is -3.82. The van der Waals surface area contributed by atoms with Gasteiger partial charge in [-0.25, -0.2) is 16.8 Å². The molecule has 0 aliphatic rings. The third-order valence-electron chi connectivity index (χ3n) is 2.70. The molecule has 1 unspecified atom stereocenters. The molecule has 0 saturated heterocycles. The molecule has 9 heteroatoms. The van der Waals surface area contributed by atoms with E-state index in [0.717, 1.165) is 24.6 Å². The standard InChI is InChI=1S/C11H15NO6S2/c1-19(15,16)9-4-3-7(8(6-12)11(13)14)5-10(9)20(2,17)18/h3-5,8H,6,12H2,1-2H3,(H,13,14). The van der Waals surface area contributed by atoms with Crippen molar-refractivity contribution in [2.24, 2.45) is 5.73 Å². The van der Waals surface area contributed by atoms with Crippen molar-refractivity contribution in [3.8, 4) is 0 Å². The molecule has 0 bridgehead atoms. The van der Waals surface area contributed by atoms with Crippen LogP contribution in [0.25, 0.3) is 0 Å². The zero-order valence-electron chi connectivity index (χ0n) is 10.9. The average Bonchev–Trinajstić information content (AvgIpc) is 2.26. The molecular formula is C11H15NO6S2. The molecule has 20 heavy (non-hydrogen) atoms. The second-order valence-electron chi connectivity index (χ2n) is 4.38. The van der Waals surface area contributed by atoms with Gasteiger partial charge in [0.1, 0.15) is 0 Å². The SMILES string of the molecule is CS(=O)(=O)c1ccc(C(CN)C(=O)O)cc1S(C)(=O)=O. The fourth-order valence-electron chi connectivity index (χ4n) is 1.72. The molecule has 0 aliphatic heterocycles. The van der Waals surface area contributed by atoms with E-state index in [0.29, 0.717) is 0 Å². The van der Waals surface area contributed by atoms with Gasteiger partial charge < -0.3 is 10.8 Å². The lowest BCUT2D eigenvalue weighted by Gasteiger charge is -2.13. The quantitative estimate of drug-likeness (QED) is 0.755. The van der Waals surface area contributed by atoms with Gasteiger partial charge in [-0.05, 0) is 17.7 Å². The van der Waals surface area contributed by atoms with Crippen LogP contribution < -0.4 is 5.73 Å². The van der Waals surface area contributed by atoms with Gasteiger partial charge in [0.25, 0.3) is 0 Å². The number of hydrogen-bond donors (Lipinski definition) is 2. The molecule has 112 valence electrons. The maximum atomic E-state index is 11.7. The molecule has 0 aliphatic carbocycles. The van der Waals surface area contributed by atoms with Crippen LogP contribution in [0.15, 0.2) is 28.0 Å². The number of carboxylic acids is 1. The summed E-state index contributed by atoms with van der Waals surface area (Å²) in [4.78, 5) is 10.3. The van der Waals surface area contributed by atoms with Crippen molar-refractivity contribution in [3.63, 3.8) is 0 Å². The van der Waals surface area contributed by atoms with Gasteiger partial charge >= 0.3 is 5.97 Å². The second-order valence-corrected chi connectivity index (χ2v) is 8.35. The second kappa shape index (κ2) is 5.51. The molecule has 7 nitrogen and oxygen atoms in total. The molecule has 3 N–H and O–H groups in total. The Morgan fingerprint density at radius 3 is 2.00 bits per heavy atom. The largest absolute Gasteiger partial charge is 0.481 e. The third kappa shape index (κ3) is 3.56. The highest BCUT2D eigenvalue weighted by molar-refractivity contribution is 7.93. The van der Waals surface area contributed by atoms with Crippen molar-refractivity contribution < 1.29 is 26.7 Å². The van der Waals surface area contributed by atoms with Crippen molar-refractivity contribution >= 4 is 25.6 Å². The van der Waals surface area contributed by atoms with Gasteiger partial charge in [-0.15, -0.1) is 0 Å². The van der Waals surface area contributed by atoms with Crippen molar-refractivity contribution in [1.82, 2.24) is 0 Å². The van der Waals surface area contributed by atoms with Crippen molar-refractivity contribution in [2.75, 3.05) is 19.1 Å². The first-order chi connectivity index (χ1) is 8.98. The summed E-state index contributed by atoms with van der Waals surface area (Å²) in [6.07, 6.45) is 1.74. The Morgan fingerprint density at radius 1 is 1.15 bits per heavy atom. The molecule has 0 spiro atoms. The summed E-state index contributed by atoms with van der Waals surface area (Å²) < 4.78 is 46.5. The van der Waals surface area contributed by atoms with Crippen LogP contribution in [0.1, 0.15) is 11.5 Å². The van der Waals surface area contributed by atoms with E-state index in [2.05, 4.69) is 0 Å². The van der Waals surface area contributed by atoms with Gasteiger partial charge in [0.2, 0.25) is 0 Å². The number of rotatable bonds is 5. The van der Waals surface area contributed by atoms with Crippen LogP contribution in [0, 0.1) is 0 Å². The highest BCUT2D eigenvalue weighted by atomic mass is 32.2. The number of carboxylic acid groups (broad SMARTS) is 1. The number of carbonyl (C=O) groups is 1. The van der Waals surface area contributed by atoms with E-state index in [4.69, 9.17) is 10.8 Å². The van der Waals surface area contributed by atoms with E-state index in [1.54, 1.807) is 0 Å². The Bertz CT molecular complexity index is 736. The topological polar surface area (TPSA) is 132 Å². The minimum Gasteiger partial charge on any atom is -0.481 e. The Kier molecular flexibility index (Phi) is 4.57. The lowest BCUT2D eigenvalue weighted by atomic mass is 10.00. The molecule has 0 aromatic heterocycles. The van der Waals surface area contributed by atoms with E-state index in [-0.39, 0.29) is 17.0 Å². The predicted molar refractivity (Wildman–Crippen MR) is 72.1 cm³/mol. The van der Waals surface area contributed by atoms with E-state index in [1.165, 1.54) is 6.07 Å². The molecule has 0 heterocycles. The summed E-state index contributed by atoms with van der Waals surface area (Å²) in [5.74, 6) is -2.30. The summed E-state index contributed by atoms with van der Waals surface area (Å²) in [5.41, 5.74) is 5.49. The fourth-order valence-corrected chi connectivity index (χ4v) is 4.15. The monoisotopic (exact) mass is 321 g/mol. The first kappa shape index (κ1) is 16.6. The van der Waals surface area contributed by atoms with Gasteiger partial charge in [-0.2, -0.15) is 0 Å². The van der Waals surface area contributed by atoms with E-state index in [9.17, 15) is 21.6 Å². The smallest absolute Gasteiger partial charge is 0.312 e. The van der Waals surface area contributed by atoms with Crippen LogP contribution in [-0.2, 0) is 24.5 Å². The highest BCUT2D eigenvalue weighted by Crippen LogP contribution is 2.26. The van der Waals surface area contributed by atoms with Crippen molar-refractivity contribution in [2.45, 2.75) is 15.7 Å². The third-order valence-corrected chi connectivity index (χ3v) is 5.12. The average molecular weight is 321 g/mol. The lowest BCUT2D eigenvalue weighted by Crippen LogP contribution is -2.21. The maximum absolute atomic E-state index is 11.7. The highest BCUT2D eigenvalue weighted by Gasteiger charge is 2.25. The lowest BCUT2D eigenvalue weighted by molar-refractivity contribution is -0.138. The maximum Gasteiger partial charge on any atom is 0.312 e. The summed E-state index contributed by atoms with van der Waals surface area (Å²) in [5, 5.41) is 9.00. The van der Waals surface area contributed by atoms with Crippen LogP contribution in [-0.4, -0.2) is 47.0 Å². The van der Waals surface area contributed by atoms with Crippen LogP contribution in [0.3, 0.4) is 0 Å². The summed E-state index contributed by atoms with van der Waals surface area (Å²) in [6, 6.07) is 3.40. The molecule has 1 atom stereocenters. The summed E-state index contributed by atoms with van der Waals surface area (Å²) in [6.45, 7) is -0.225. The molecular weight excluding hydrogens is 306 g/mol. The zero-order valence-corrected chi connectivity index (χ0v) is 12.5. The molecule has 0 fully saturated rings. The van der Waals surface area contributed by atoms with Crippen molar-refractivity contribution in [3.05, 3.63) is 23.8 Å².